The number of hydrazine groups is 1. The Bertz CT molecular complexity index is 518. The van der Waals surface area contributed by atoms with Gasteiger partial charge in [-0.25, -0.2) is 15.8 Å². The number of carbonyl (C=O) groups excluding carboxylic acids is 1. The van der Waals surface area contributed by atoms with Crippen molar-refractivity contribution in [3.63, 3.8) is 0 Å². The van der Waals surface area contributed by atoms with Crippen molar-refractivity contribution in [3.8, 4) is 0 Å². The van der Waals surface area contributed by atoms with Gasteiger partial charge in [-0.05, 0) is 5.21 Å². The number of hydrogen-bond donors (Lipinski definition) is 3. The van der Waals surface area contributed by atoms with E-state index in [1.54, 1.807) is 7.05 Å². The van der Waals surface area contributed by atoms with Crippen LogP contribution in [0.2, 0.25) is 0 Å². The minimum atomic E-state index is -0.478. The first kappa shape index (κ1) is 10.9. The fourth-order valence-electron chi connectivity index (χ4n) is 1.02. The highest BCUT2D eigenvalue weighted by Gasteiger charge is 2.10. The monoisotopic (exact) mass is 235 g/mol. The molecule has 88 valence electrons. The van der Waals surface area contributed by atoms with Gasteiger partial charge >= 0.3 is 0 Å². The van der Waals surface area contributed by atoms with Crippen LogP contribution in [0.5, 0.6) is 0 Å². The molecular weight excluding hydrogens is 226 g/mol. The zero-order valence-corrected chi connectivity index (χ0v) is 8.82. The number of nitrogens with one attached hydrogen (secondary N) is 2. The summed E-state index contributed by atoms with van der Waals surface area (Å²) in [7, 11) is 1.59. The molecule has 10 nitrogen and oxygen atoms in total. The first-order valence-electron chi connectivity index (χ1n) is 4.53. The van der Waals surface area contributed by atoms with Crippen LogP contribution in [0, 0.1) is 0 Å². The lowest BCUT2D eigenvalue weighted by atomic mass is 10.4. The number of tetrazole rings is 1. The summed E-state index contributed by atoms with van der Waals surface area (Å²) in [5.74, 6) is 5.10. The van der Waals surface area contributed by atoms with Crippen molar-refractivity contribution in [2.24, 2.45) is 12.9 Å². The molecule has 0 atom stereocenters. The summed E-state index contributed by atoms with van der Waals surface area (Å²) < 4.78 is 0. The van der Waals surface area contributed by atoms with Gasteiger partial charge in [-0.1, -0.05) is 5.10 Å². The second kappa shape index (κ2) is 4.49. The number of nitrogens with zero attached hydrogens (tertiary/aromatic N) is 6. The maximum atomic E-state index is 11.6. The zero-order chi connectivity index (χ0) is 12.3. The lowest BCUT2D eigenvalue weighted by molar-refractivity contribution is 0.102. The fourth-order valence-corrected chi connectivity index (χ4v) is 1.02. The molecule has 2 rings (SSSR count). The zero-order valence-electron chi connectivity index (χ0n) is 8.82. The topological polar surface area (TPSA) is 137 Å². The molecule has 1 amide bonds. The lowest BCUT2D eigenvalue weighted by Crippen LogP contribution is -2.16. The predicted molar refractivity (Wildman–Crippen MR) is 56.6 cm³/mol. The highest BCUT2D eigenvalue weighted by molar-refractivity contribution is 6.01. The molecule has 2 aromatic heterocycles. The number of aryl methyl sites for hydroxylation is 1. The summed E-state index contributed by atoms with van der Waals surface area (Å²) in [6, 6.07) is 0. The third-order valence-electron chi connectivity index (χ3n) is 1.77. The fraction of sp³-hybridized carbons (Fsp3) is 0.143. The van der Waals surface area contributed by atoms with Crippen molar-refractivity contribution in [2.45, 2.75) is 0 Å². The van der Waals surface area contributed by atoms with E-state index in [0.29, 0.717) is 5.82 Å². The minimum absolute atomic E-state index is 0.0975. The normalized spacial score (nSPS) is 10.0. The van der Waals surface area contributed by atoms with Crippen LogP contribution in [0.15, 0.2) is 12.4 Å². The molecule has 0 bridgehead atoms. The molecule has 10 heteroatoms. The van der Waals surface area contributed by atoms with Gasteiger partial charge in [-0.15, -0.1) is 5.10 Å². The molecule has 0 aromatic carbocycles. The Morgan fingerprint density at radius 2 is 2.24 bits per heavy atom. The Morgan fingerprint density at radius 1 is 1.41 bits per heavy atom. The van der Waals surface area contributed by atoms with Gasteiger partial charge in [0, 0.05) is 0 Å². The van der Waals surface area contributed by atoms with Crippen LogP contribution in [-0.2, 0) is 7.05 Å². The summed E-state index contributed by atoms with van der Waals surface area (Å²) in [5, 5.41) is 13.4. The van der Waals surface area contributed by atoms with Gasteiger partial charge in [0.05, 0.1) is 19.4 Å². The van der Waals surface area contributed by atoms with E-state index in [0.717, 1.165) is 0 Å². The molecule has 0 aliphatic carbocycles. The average Bonchev–Trinajstić information content (AvgIpc) is 2.75. The second-order valence-corrected chi connectivity index (χ2v) is 2.99. The number of amides is 1. The van der Waals surface area contributed by atoms with Crippen LogP contribution in [0.25, 0.3) is 0 Å². The number of hydrogen-bond acceptors (Lipinski definition) is 8. The predicted octanol–water partition coefficient (Wildman–Crippen LogP) is -1.46. The van der Waals surface area contributed by atoms with Crippen molar-refractivity contribution in [1.29, 1.82) is 0 Å². The second-order valence-electron chi connectivity index (χ2n) is 2.99. The number of nitrogens with two attached hydrogens (primary N) is 1. The highest BCUT2D eigenvalue weighted by atomic mass is 16.2. The molecule has 0 aliphatic rings. The van der Waals surface area contributed by atoms with Gasteiger partial charge in [-0.2, -0.15) is 4.80 Å². The molecule has 0 saturated heterocycles. The Hall–Kier alpha value is -2.62. The number of aromatic nitrogens is 6. The molecule has 0 aliphatic heterocycles. The Labute approximate surface area is 95.2 Å². The molecule has 2 heterocycles. The van der Waals surface area contributed by atoms with Crippen molar-refractivity contribution in [1.82, 2.24) is 30.2 Å². The number of nitrogen functional groups attached to an aromatic ring is 1. The smallest absolute Gasteiger partial charge is 0.278 e. The quantitative estimate of drug-likeness (QED) is 0.433. The van der Waals surface area contributed by atoms with Gasteiger partial charge in [0.1, 0.15) is 5.69 Å². The Balaban J connectivity index is 2.09. The third kappa shape index (κ3) is 2.49. The molecule has 4 N–H and O–H groups in total. The Morgan fingerprint density at radius 3 is 2.76 bits per heavy atom. The van der Waals surface area contributed by atoms with Crippen LogP contribution < -0.4 is 16.6 Å². The maximum absolute atomic E-state index is 11.6. The minimum Gasteiger partial charge on any atom is -0.307 e. The number of rotatable bonds is 3. The van der Waals surface area contributed by atoms with E-state index in [1.807, 2.05) is 0 Å². The summed E-state index contributed by atoms with van der Waals surface area (Å²) in [6.07, 6.45) is 2.61. The van der Waals surface area contributed by atoms with E-state index in [1.165, 1.54) is 17.2 Å². The van der Waals surface area contributed by atoms with E-state index >= 15 is 0 Å². The van der Waals surface area contributed by atoms with Gasteiger partial charge in [0.25, 0.3) is 11.9 Å². The van der Waals surface area contributed by atoms with Crippen LogP contribution in [-0.4, -0.2) is 36.1 Å². The average molecular weight is 235 g/mol. The van der Waals surface area contributed by atoms with Crippen LogP contribution >= 0.6 is 0 Å². The molecule has 2 aromatic rings. The number of anilines is 2. The van der Waals surface area contributed by atoms with E-state index in [4.69, 9.17) is 5.84 Å². The number of carbonyl (C=O) groups is 1. The van der Waals surface area contributed by atoms with Gasteiger partial charge in [0.2, 0.25) is 0 Å². The standard InChI is InChI=1S/C7H9N9O/c1-16-14-7(13-15-16)11-6(17)4-2-10-5(12-8)3-9-4/h2-3H,8H2,1H3,(H,10,12)(H,11,14,17). The first-order valence-corrected chi connectivity index (χ1v) is 4.53. The van der Waals surface area contributed by atoms with E-state index in [-0.39, 0.29) is 11.6 Å². The van der Waals surface area contributed by atoms with Crippen LogP contribution in [0.3, 0.4) is 0 Å². The van der Waals surface area contributed by atoms with Crippen molar-refractivity contribution >= 4 is 17.7 Å². The largest absolute Gasteiger partial charge is 0.307 e. The SMILES string of the molecule is Cn1nnc(NC(=O)c2cnc(NN)cn2)n1. The molecule has 0 fully saturated rings. The Kier molecular flexibility index (Phi) is 2.87. The maximum Gasteiger partial charge on any atom is 0.278 e. The van der Waals surface area contributed by atoms with E-state index in [2.05, 4.69) is 36.1 Å². The van der Waals surface area contributed by atoms with Gasteiger partial charge in [0.15, 0.2) is 5.82 Å². The highest BCUT2D eigenvalue weighted by Crippen LogP contribution is 2.01. The van der Waals surface area contributed by atoms with Gasteiger partial charge in [-0.3, -0.25) is 10.1 Å². The first-order chi connectivity index (χ1) is 8.19. The van der Waals surface area contributed by atoms with Crippen molar-refractivity contribution in [2.75, 3.05) is 10.7 Å². The molecule has 0 radical (unpaired) electrons. The molecule has 0 spiro atoms. The summed E-state index contributed by atoms with van der Waals surface area (Å²) in [5.41, 5.74) is 2.42. The molecular formula is C7H9N9O. The van der Waals surface area contributed by atoms with E-state index in [9.17, 15) is 4.79 Å². The molecule has 17 heavy (non-hydrogen) atoms. The summed E-state index contributed by atoms with van der Waals surface area (Å²) >= 11 is 0. The molecule has 0 saturated carbocycles. The van der Waals surface area contributed by atoms with Gasteiger partial charge < -0.3 is 5.43 Å². The summed E-state index contributed by atoms with van der Waals surface area (Å²) in [4.78, 5) is 20.6. The van der Waals surface area contributed by atoms with Crippen LogP contribution in [0.4, 0.5) is 11.8 Å². The molecule has 0 unspecified atom stereocenters. The van der Waals surface area contributed by atoms with E-state index < -0.39 is 5.91 Å². The lowest BCUT2D eigenvalue weighted by Gasteiger charge is -2.00. The summed E-state index contributed by atoms with van der Waals surface area (Å²) in [6.45, 7) is 0. The van der Waals surface area contributed by atoms with Crippen LogP contribution in [0.1, 0.15) is 10.5 Å². The van der Waals surface area contributed by atoms with Crippen molar-refractivity contribution < 1.29 is 4.79 Å². The third-order valence-corrected chi connectivity index (χ3v) is 1.77. The van der Waals surface area contributed by atoms with Crippen molar-refractivity contribution in [3.05, 3.63) is 18.1 Å².